The van der Waals surface area contributed by atoms with Crippen molar-refractivity contribution in [2.45, 2.75) is 6.10 Å². The third-order valence-corrected chi connectivity index (χ3v) is 2.64. The molecule has 0 saturated heterocycles. The Morgan fingerprint density at radius 3 is 2.42 bits per heavy atom. The van der Waals surface area contributed by atoms with E-state index in [0.29, 0.717) is 0 Å². The van der Waals surface area contributed by atoms with Gasteiger partial charge in [-0.3, -0.25) is 0 Å². The lowest BCUT2D eigenvalue weighted by atomic mass is 10.1. The molecule has 1 N–H and O–H groups in total. The Morgan fingerprint density at radius 1 is 1.11 bits per heavy atom. The van der Waals surface area contributed by atoms with Gasteiger partial charge in [0.2, 0.25) is 0 Å². The quantitative estimate of drug-likeness (QED) is 0.837. The number of aliphatic hydroxyl groups is 1. The molecule has 0 aliphatic rings. The predicted octanol–water partition coefficient (Wildman–Crippen LogP) is 2.92. The molecule has 2 aromatic rings. The van der Waals surface area contributed by atoms with E-state index < -0.39 is 11.9 Å². The first-order chi connectivity index (χ1) is 9.20. The van der Waals surface area contributed by atoms with Crippen LogP contribution in [0.1, 0.15) is 17.2 Å². The minimum absolute atomic E-state index is 0.184. The molecule has 0 heterocycles. The average Bonchev–Trinajstić information content (AvgIpc) is 2.46. The number of halogens is 1. The molecule has 0 bridgehead atoms. The van der Waals surface area contributed by atoms with Gasteiger partial charge in [-0.15, -0.1) is 0 Å². The molecule has 0 fully saturated rings. The number of hydrogen-bond donors (Lipinski definition) is 1. The van der Waals surface area contributed by atoms with E-state index in [9.17, 15) is 9.50 Å². The van der Waals surface area contributed by atoms with Gasteiger partial charge in [0.25, 0.3) is 0 Å². The van der Waals surface area contributed by atoms with Crippen molar-refractivity contribution in [3.05, 3.63) is 65.5 Å². The highest BCUT2D eigenvalue weighted by Gasteiger charge is 2.08. The maximum Gasteiger partial charge on any atom is 0.143 e. The lowest BCUT2D eigenvalue weighted by Crippen LogP contribution is -1.97. The summed E-state index contributed by atoms with van der Waals surface area (Å²) >= 11 is 0. The van der Waals surface area contributed by atoms with Crippen molar-refractivity contribution in [3.63, 3.8) is 0 Å². The number of aliphatic hydroxyl groups excluding tert-OH is 1. The van der Waals surface area contributed by atoms with Crippen LogP contribution in [0.2, 0.25) is 0 Å². The van der Waals surface area contributed by atoms with Gasteiger partial charge in [-0.05, 0) is 30.3 Å². The summed E-state index contributed by atoms with van der Waals surface area (Å²) in [4.78, 5) is 0. The van der Waals surface area contributed by atoms with E-state index in [-0.39, 0.29) is 5.56 Å². The Kier molecular flexibility index (Phi) is 4.17. The van der Waals surface area contributed by atoms with E-state index in [4.69, 9.17) is 4.74 Å². The second kappa shape index (κ2) is 6.03. The van der Waals surface area contributed by atoms with Crippen molar-refractivity contribution in [1.82, 2.24) is 0 Å². The van der Waals surface area contributed by atoms with Crippen LogP contribution in [0.4, 0.5) is 4.39 Å². The summed E-state index contributed by atoms with van der Waals surface area (Å²) in [5.41, 5.74) is 0.916. The highest BCUT2D eigenvalue weighted by Crippen LogP contribution is 2.16. The van der Waals surface area contributed by atoms with Gasteiger partial charge in [0.15, 0.2) is 0 Å². The largest absolute Gasteiger partial charge is 0.497 e. The molecule has 1 atom stereocenters. The van der Waals surface area contributed by atoms with Crippen LogP contribution < -0.4 is 4.74 Å². The maximum absolute atomic E-state index is 13.4. The van der Waals surface area contributed by atoms with Crippen LogP contribution in [0.25, 0.3) is 0 Å². The van der Waals surface area contributed by atoms with Gasteiger partial charge < -0.3 is 9.84 Å². The first-order valence-corrected chi connectivity index (χ1v) is 5.79. The monoisotopic (exact) mass is 256 g/mol. The van der Waals surface area contributed by atoms with Gasteiger partial charge >= 0.3 is 0 Å². The first kappa shape index (κ1) is 13.1. The fourth-order valence-corrected chi connectivity index (χ4v) is 1.60. The van der Waals surface area contributed by atoms with Gasteiger partial charge in [-0.2, -0.15) is 0 Å². The van der Waals surface area contributed by atoms with Crippen LogP contribution in [-0.2, 0) is 0 Å². The summed E-state index contributed by atoms with van der Waals surface area (Å²) < 4.78 is 18.5. The summed E-state index contributed by atoms with van der Waals surface area (Å²) in [6.07, 6.45) is -1.14. The first-order valence-electron chi connectivity index (χ1n) is 5.79. The lowest BCUT2D eigenvalue weighted by molar-refractivity contribution is 0.233. The van der Waals surface area contributed by atoms with Crippen LogP contribution in [0.5, 0.6) is 5.75 Å². The van der Waals surface area contributed by atoms with Crippen molar-refractivity contribution in [2.24, 2.45) is 0 Å². The number of methoxy groups -OCH3 is 1. The molecule has 96 valence electrons. The molecule has 2 aromatic carbocycles. The Labute approximate surface area is 111 Å². The summed E-state index contributed by atoms with van der Waals surface area (Å²) in [6.45, 7) is 0. The number of benzene rings is 2. The van der Waals surface area contributed by atoms with Crippen molar-refractivity contribution < 1.29 is 14.2 Å². The van der Waals surface area contributed by atoms with Gasteiger partial charge in [0.1, 0.15) is 17.7 Å². The van der Waals surface area contributed by atoms with E-state index in [0.717, 1.165) is 11.3 Å². The highest BCUT2D eigenvalue weighted by atomic mass is 19.1. The normalized spacial score (nSPS) is 11.3. The average molecular weight is 256 g/mol. The second-order valence-electron chi connectivity index (χ2n) is 3.92. The van der Waals surface area contributed by atoms with Crippen LogP contribution in [0, 0.1) is 17.7 Å². The molecule has 0 amide bonds. The van der Waals surface area contributed by atoms with E-state index in [2.05, 4.69) is 11.8 Å². The van der Waals surface area contributed by atoms with Crippen molar-refractivity contribution in [2.75, 3.05) is 7.11 Å². The predicted molar refractivity (Wildman–Crippen MR) is 71.2 cm³/mol. The van der Waals surface area contributed by atoms with Crippen LogP contribution in [0.15, 0.2) is 48.5 Å². The summed E-state index contributed by atoms with van der Waals surface area (Å²) in [7, 11) is 1.59. The lowest BCUT2D eigenvalue weighted by Gasteiger charge is -2.04. The summed E-state index contributed by atoms with van der Waals surface area (Å²) in [5, 5.41) is 9.83. The molecular formula is C16H13FO2. The third-order valence-electron chi connectivity index (χ3n) is 2.64. The van der Waals surface area contributed by atoms with E-state index >= 15 is 0 Å². The summed E-state index contributed by atoms with van der Waals surface area (Å²) in [6, 6.07) is 13.2. The molecule has 0 aromatic heterocycles. The van der Waals surface area contributed by atoms with E-state index in [1.54, 1.807) is 43.5 Å². The standard InChI is InChI=1S/C16H13FO2/c1-19-13-9-6-12(7-10-13)8-11-16(18)14-4-2-3-5-15(14)17/h2-7,9-10,16,18H,1H3. The Balaban J connectivity index is 2.17. The Bertz CT molecular complexity index is 609. The smallest absolute Gasteiger partial charge is 0.143 e. The molecule has 0 aliphatic carbocycles. The molecule has 19 heavy (non-hydrogen) atoms. The minimum Gasteiger partial charge on any atom is -0.497 e. The van der Waals surface area contributed by atoms with Gasteiger partial charge in [-0.1, -0.05) is 30.0 Å². The fraction of sp³-hybridized carbons (Fsp3) is 0.125. The number of hydrogen-bond acceptors (Lipinski definition) is 2. The van der Waals surface area contributed by atoms with Gasteiger partial charge in [0.05, 0.1) is 7.11 Å². The molecular weight excluding hydrogens is 243 g/mol. The second-order valence-corrected chi connectivity index (χ2v) is 3.92. The fourth-order valence-electron chi connectivity index (χ4n) is 1.60. The van der Waals surface area contributed by atoms with Crippen molar-refractivity contribution >= 4 is 0 Å². The number of rotatable bonds is 2. The molecule has 0 spiro atoms. The molecule has 0 saturated carbocycles. The van der Waals surface area contributed by atoms with Crippen LogP contribution in [0.3, 0.4) is 0 Å². The number of ether oxygens (including phenoxy) is 1. The molecule has 0 aliphatic heterocycles. The molecule has 1 unspecified atom stereocenters. The van der Waals surface area contributed by atoms with Crippen molar-refractivity contribution in [1.29, 1.82) is 0 Å². The maximum atomic E-state index is 13.4. The van der Waals surface area contributed by atoms with Gasteiger partial charge in [0, 0.05) is 11.1 Å². The van der Waals surface area contributed by atoms with E-state index in [1.165, 1.54) is 12.1 Å². The molecule has 2 nitrogen and oxygen atoms in total. The zero-order valence-corrected chi connectivity index (χ0v) is 10.4. The topological polar surface area (TPSA) is 29.5 Å². The molecule has 0 radical (unpaired) electrons. The third kappa shape index (κ3) is 3.34. The van der Waals surface area contributed by atoms with E-state index in [1.807, 2.05) is 0 Å². The van der Waals surface area contributed by atoms with Gasteiger partial charge in [-0.25, -0.2) is 4.39 Å². The van der Waals surface area contributed by atoms with Crippen LogP contribution >= 0.6 is 0 Å². The Morgan fingerprint density at radius 2 is 1.79 bits per heavy atom. The molecule has 3 heteroatoms. The SMILES string of the molecule is COc1ccc(C#CC(O)c2ccccc2F)cc1. The Hall–Kier alpha value is -2.31. The molecule has 2 rings (SSSR count). The minimum atomic E-state index is -1.14. The summed E-state index contributed by atoms with van der Waals surface area (Å²) in [5.74, 6) is 5.69. The highest BCUT2D eigenvalue weighted by molar-refractivity contribution is 5.40. The van der Waals surface area contributed by atoms with Crippen molar-refractivity contribution in [3.8, 4) is 17.6 Å². The van der Waals surface area contributed by atoms with Crippen LogP contribution in [-0.4, -0.2) is 12.2 Å². The zero-order valence-electron chi connectivity index (χ0n) is 10.4. The zero-order chi connectivity index (χ0) is 13.7.